The van der Waals surface area contributed by atoms with Crippen molar-refractivity contribution >= 4 is 0 Å². The zero-order valence-corrected chi connectivity index (χ0v) is 11.8. The van der Waals surface area contributed by atoms with Crippen molar-refractivity contribution < 1.29 is 8.78 Å². The molecule has 0 fully saturated rings. The number of aryl methyl sites for hydroxylation is 1. The zero-order chi connectivity index (χ0) is 14.5. The summed E-state index contributed by atoms with van der Waals surface area (Å²) in [5, 5.41) is 3.31. The highest BCUT2D eigenvalue weighted by molar-refractivity contribution is 5.25. The molecule has 2 aromatic rings. The van der Waals surface area contributed by atoms with Gasteiger partial charge in [-0.2, -0.15) is 0 Å². The Morgan fingerprint density at radius 1 is 1.00 bits per heavy atom. The average molecular weight is 275 g/mol. The van der Waals surface area contributed by atoms with Gasteiger partial charge in [-0.25, -0.2) is 8.78 Å². The molecule has 0 amide bonds. The maximum absolute atomic E-state index is 13.6. The van der Waals surface area contributed by atoms with Gasteiger partial charge in [0.1, 0.15) is 11.6 Å². The van der Waals surface area contributed by atoms with Crippen LogP contribution in [0.3, 0.4) is 0 Å². The van der Waals surface area contributed by atoms with Crippen LogP contribution in [0.4, 0.5) is 8.78 Å². The molecule has 3 heteroatoms. The third-order valence-corrected chi connectivity index (χ3v) is 3.47. The molecule has 1 nitrogen and oxygen atoms in total. The summed E-state index contributed by atoms with van der Waals surface area (Å²) in [7, 11) is 0. The van der Waals surface area contributed by atoms with Crippen molar-refractivity contribution in [2.45, 2.75) is 32.9 Å². The lowest BCUT2D eigenvalue weighted by Gasteiger charge is -2.16. The zero-order valence-electron chi connectivity index (χ0n) is 11.8. The molecule has 0 spiro atoms. The first-order valence-electron chi connectivity index (χ1n) is 6.78. The van der Waals surface area contributed by atoms with Crippen LogP contribution < -0.4 is 5.32 Å². The summed E-state index contributed by atoms with van der Waals surface area (Å²) >= 11 is 0. The van der Waals surface area contributed by atoms with Gasteiger partial charge in [-0.05, 0) is 43.5 Å². The van der Waals surface area contributed by atoms with Crippen LogP contribution in [-0.4, -0.2) is 6.04 Å². The number of nitrogens with one attached hydrogen (secondary N) is 1. The van der Waals surface area contributed by atoms with Crippen LogP contribution in [0.15, 0.2) is 42.5 Å². The van der Waals surface area contributed by atoms with E-state index in [4.69, 9.17) is 0 Å². The molecule has 1 unspecified atom stereocenters. The van der Waals surface area contributed by atoms with Crippen molar-refractivity contribution in [3.05, 3.63) is 70.8 Å². The van der Waals surface area contributed by atoms with Gasteiger partial charge in [-0.1, -0.05) is 30.3 Å². The Labute approximate surface area is 118 Å². The average Bonchev–Trinajstić information content (AvgIpc) is 2.42. The first-order chi connectivity index (χ1) is 9.58. The van der Waals surface area contributed by atoms with E-state index in [2.05, 4.69) is 24.4 Å². The normalized spacial score (nSPS) is 12.4. The summed E-state index contributed by atoms with van der Waals surface area (Å²) < 4.78 is 27.1. The molecular formula is C17H19F2N. The van der Waals surface area contributed by atoms with Gasteiger partial charge >= 0.3 is 0 Å². The van der Waals surface area contributed by atoms with Gasteiger partial charge in [0.2, 0.25) is 0 Å². The van der Waals surface area contributed by atoms with E-state index in [0.717, 1.165) is 0 Å². The lowest BCUT2D eigenvalue weighted by atomic mass is 10.0. The van der Waals surface area contributed by atoms with Gasteiger partial charge in [0.05, 0.1) is 0 Å². The Morgan fingerprint density at radius 3 is 2.30 bits per heavy atom. The van der Waals surface area contributed by atoms with Crippen LogP contribution >= 0.6 is 0 Å². The molecule has 0 aliphatic carbocycles. The Hall–Kier alpha value is -1.74. The molecule has 106 valence electrons. The molecule has 0 saturated heterocycles. The van der Waals surface area contributed by atoms with E-state index < -0.39 is 11.6 Å². The maximum atomic E-state index is 13.6. The van der Waals surface area contributed by atoms with Gasteiger partial charge in [0.15, 0.2) is 0 Å². The molecule has 0 aliphatic rings. The van der Waals surface area contributed by atoms with E-state index in [1.165, 1.54) is 29.3 Å². The van der Waals surface area contributed by atoms with E-state index in [9.17, 15) is 8.78 Å². The molecule has 2 rings (SSSR count). The second-order valence-corrected chi connectivity index (χ2v) is 5.11. The van der Waals surface area contributed by atoms with Crippen molar-refractivity contribution in [2.75, 3.05) is 0 Å². The molecule has 2 aromatic carbocycles. The highest BCUT2D eigenvalue weighted by atomic mass is 19.1. The quantitative estimate of drug-likeness (QED) is 0.870. The van der Waals surface area contributed by atoms with E-state index in [1.54, 1.807) is 0 Å². The summed E-state index contributed by atoms with van der Waals surface area (Å²) in [6.07, 6.45) is 0.338. The topological polar surface area (TPSA) is 12.0 Å². The molecule has 1 atom stereocenters. The third-order valence-electron chi connectivity index (χ3n) is 3.47. The summed E-state index contributed by atoms with van der Waals surface area (Å²) in [6.45, 7) is 4.69. The second kappa shape index (κ2) is 6.62. The molecule has 0 heterocycles. The molecule has 0 radical (unpaired) electrons. The smallest absolute Gasteiger partial charge is 0.129 e. The molecule has 0 aliphatic heterocycles. The van der Waals surface area contributed by atoms with Gasteiger partial charge in [-0.3, -0.25) is 0 Å². The van der Waals surface area contributed by atoms with E-state index in [1.807, 2.05) is 19.1 Å². The Bertz CT molecular complexity index is 561. The molecule has 0 aromatic heterocycles. The van der Waals surface area contributed by atoms with Crippen LogP contribution in [0.25, 0.3) is 0 Å². The van der Waals surface area contributed by atoms with Gasteiger partial charge < -0.3 is 5.32 Å². The SMILES string of the molecule is Cc1ccccc1CNC(C)Cc1c(F)cccc1F. The molecule has 1 N–H and O–H groups in total. The second-order valence-electron chi connectivity index (χ2n) is 5.11. The van der Waals surface area contributed by atoms with Crippen LogP contribution in [0.2, 0.25) is 0 Å². The molecule has 0 saturated carbocycles. The van der Waals surface area contributed by atoms with Crippen molar-refractivity contribution in [3.8, 4) is 0 Å². The van der Waals surface area contributed by atoms with Gasteiger partial charge in [0.25, 0.3) is 0 Å². The number of rotatable bonds is 5. The lowest BCUT2D eigenvalue weighted by molar-refractivity contribution is 0.499. The van der Waals surface area contributed by atoms with Crippen molar-refractivity contribution in [1.29, 1.82) is 0 Å². The van der Waals surface area contributed by atoms with Crippen LogP contribution in [0.1, 0.15) is 23.6 Å². The number of benzene rings is 2. The largest absolute Gasteiger partial charge is 0.310 e. The highest BCUT2D eigenvalue weighted by Crippen LogP contribution is 2.14. The highest BCUT2D eigenvalue weighted by Gasteiger charge is 2.12. The number of hydrogen-bond acceptors (Lipinski definition) is 1. The monoisotopic (exact) mass is 275 g/mol. The van der Waals surface area contributed by atoms with Crippen molar-refractivity contribution in [2.24, 2.45) is 0 Å². The fourth-order valence-corrected chi connectivity index (χ4v) is 2.20. The first-order valence-corrected chi connectivity index (χ1v) is 6.78. The summed E-state index contributed by atoms with van der Waals surface area (Å²) in [6, 6.07) is 12.1. The van der Waals surface area contributed by atoms with E-state index >= 15 is 0 Å². The summed E-state index contributed by atoms with van der Waals surface area (Å²) in [5.41, 5.74) is 2.56. The Kier molecular flexibility index (Phi) is 4.85. The summed E-state index contributed by atoms with van der Waals surface area (Å²) in [5.74, 6) is -0.955. The number of hydrogen-bond donors (Lipinski definition) is 1. The number of halogens is 2. The fourth-order valence-electron chi connectivity index (χ4n) is 2.20. The summed E-state index contributed by atoms with van der Waals surface area (Å²) in [4.78, 5) is 0. The Morgan fingerprint density at radius 2 is 1.65 bits per heavy atom. The van der Waals surface area contributed by atoms with Crippen LogP contribution in [0.5, 0.6) is 0 Å². The fraction of sp³-hybridized carbons (Fsp3) is 0.294. The predicted molar refractivity (Wildman–Crippen MR) is 77.5 cm³/mol. The van der Waals surface area contributed by atoms with Crippen LogP contribution in [0, 0.1) is 18.6 Å². The van der Waals surface area contributed by atoms with E-state index in [0.29, 0.717) is 13.0 Å². The van der Waals surface area contributed by atoms with Crippen molar-refractivity contribution in [1.82, 2.24) is 5.32 Å². The van der Waals surface area contributed by atoms with Gasteiger partial charge in [0, 0.05) is 18.2 Å². The van der Waals surface area contributed by atoms with E-state index in [-0.39, 0.29) is 11.6 Å². The molecular weight excluding hydrogens is 256 g/mol. The predicted octanol–water partition coefficient (Wildman–Crippen LogP) is 3.99. The third kappa shape index (κ3) is 3.64. The molecule has 20 heavy (non-hydrogen) atoms. The van der Waals surface area contributed by atoms with Gasteiger partial charge in [-0.15, -0.1) is 0 Å². The maximum Gasteiger partial charge on any atom is 0.129 e. The minimum Gasteiger partial charge on any atom is -0.310 e. The standard InChI is InChI=1S/C17H19F2N/c1-12-6-3-4-7-14(12)11-20-13(2)10-15-16(18)8-5-9-17(15)19/h3-9,13,20H,10-11H2,1-2H3. The van der Waals surface area contributed by atoms with Crippen LogP contribution in [-0.2, 0) is 13.0 Å². The minimum absolute atomic E-state index is 0.000932. The first kappa shape index (κ1) is 14.7. The Balaban J connectivity index is 1.96. The lowest BCUT2D eigenvalue weighted by Crippen LogP contribution is -2.28. The van der Waals surface area contributed by atoms with Crippen molar-refractivity contribution in [3.63, 3.8) is 0 Å². The minimum atomic E-state index is -0.477. The molecule has 0 bridgehead atoms.